The molecule has 1 atom stereocenters. The molecule has 0 bridgehead atoms. The van der Waals surface area contributed by atoms with Gasteiger partial charge in [0.1, 0.15) is 17.3 Å². The Morgan fingerprint density at radius 3 is 2.50 bits per heavy atom. The number of ketones is 1. The number of hydrogen-bond acceptors (Lipinski definition) is 5. The quantitative estimate of drug-likeness (QED) is 0.261. The Labute approximate surface area is 223 Å². The van der Waals surface area contributed by atoms with Crippen LogP contribution in [0, 0.1) is 0 Å². The van der Waals surface area contributed by atoms with Gasteiger partial charge in [0.2, 0.25) is 0 Å². The summed E-state index contributed by atoms with van der Waals surface area (Å²) in [5, 5.41) is 11.5. The van der Waals surface area contributed by atoms with E-state index in [0.29, 0.717) is 17.9 Å². The third-order valence-corrected chi connectivity index (χ3v) is 7.35. The number of aliphatic hydroxyl groups is 1. The van der Waals surface area contributed by atoms with Gasteiger partial charge in [0.25, 0.3) is 11.7 Å². The highest BCUT2D eigenvalue weighted by molar-refractivity contribution is 6.46. The van der Waals surface area contributed by atoms with Crippen LogP contribution in [-0.4, -0.2) is 35.4 Å². The van der Waals surface area contributed by atoms with E-state index in [-0.39, 0.29) is 23.3 Å². The third-order valence-electron chi connectivity index (χ3n) is 7.35. The second kappa shape index (κ2) is 10.0. The first-order valence-electron chi connectivity index (χ1n) is 13.0. The van der Waals surface area contributed by atoms with Crippen LogP contribution in [0.4, 0.5) is 0 Å². The normalized spacial score (nSPS) is 18.7. The number of carbonyl (C=O) groups is 2. The molecule has 2 aliphatic heterocycles. The molecule has 1 fully saturated rings. The minimum atomic E-state index is -0.749. The number of ether oxygens (including phenoxy) is 2. The number of methoxy groups -OCH3 is 1. The number of hydrogen-bond donors (Lipinski definition) is 1. The Morgan fingerprint density at radius 2 is 1.79 bits per heavy atom. The van der Waals surface area contributed by atoms with Crippen LogP contribution in [0.1, 0.15) is 61.1 Å². The third kappa shape index (κ3) is 4.67. The van der Waals surface area contributed by atoms with Gasteiger partial charge in [-0.2, -0.15) is 0 Å². The number of aliphatic hydroxyl groups excluding tert-OH is 1. The fourth-order valence-electron chi connectivity index (χ4n) is 5.24. The molecule has 0 spiro atoms. The summed E-state index contributed by atoms with van der Waals surface area (Å²) < 4.78 is 11.2. The van der Waals surface area contributed by atoms with Crippen LogP contribution >= 0.6 is 0 Å². The zero-order chi connectivity index (χ0) is 27.0. The number of fused-ring (bicyclic) bond motifs is 1. The maximum Gasteiger partial charge on any atom is 0.295 e. The molecular weight excluding hydrogens is 478 g/mol. The van der Waals surface area contributed by atoms with Gasteiger partial charge in [-0.15, -0.1) is 0 Å². The van der Waals surface area contributed by atoms with E-state index < -0.39 is 17.7 Å². The molecule has 5 rings (SSSR count). The zero-order valence-electron chi connectivity index (χ0n) is 22.3. The molecule has 0 radical (unpaired) electrons. The zero-order valence-corrected chi connectivity index (χ0v) is 22.3. The SMILES string of the molecule is COc1ccccc1CN1C(=O)C(=O)/C(=C(\O)c2ccc3c(c2)CCCO3)C1c1ccc(C(C)(C)C)cc1. The summed E-state index contributed by atoms with van der Waals surface area (Å²) in [4.78, 5) is 28.5. The van der Waals surface area contributed by atoms with Crippen LogP contribution in [0.15, 0.2) is 72.3 Å². The highest BCUT2D eigenvalue weighted by Gasteiger charge is 2.46. The summed E-state index contributed by atoms with van der Waals surface area (Å²) >= 11 is 0. The van der Waals surface area contributed by atoms with E-state index in [0.717, 1.165) is 40.8 Å². The fraction of sp³-hybridized carbons (Fsp3) is 0.312. The molecular formula is C32H33NO5. The minimum Gasteiger partial charge on any atom is -0.507 e. The summed E-state index contributed by atoms with van der Waals surface area (Å²) in [6.07, 6.45) is 1.72. The van der Waals surface area contributed by atoms with Crippen molar-refractivity contribution in [1.82, 2.24) is 4.90 Å². The van der Waals surface area contributed by atoms with Crippen LogP contribution in [0.2, 0.25) is 0 Å². The van der Waals surface area contributed by atoms with Crippen molar-refractivity contribution in [3.8, 4) is 11.5 Å². The summed E-state index contributed by atoms with van der Waals surface area (Å²) in [6, 6.07) is 20.0. The standard InChI is InChI=1S/C32H33NO5/c1-32(2,3)24-14-11-20(12-15-24)28-27(29(34)22-13-16-26-21(18-22)9-7-17-38-26)30(35)31(36)33(28)19-23-8-5-6-10-25(23)37-4/h5-6,8,10-16,18,28,34H,7,9,17,19H2,1-4H3/b29-27-. The number of para-hydroxylation sites is 1. The molecule has 3 aromatic rings. The maximum atomic E-state index is 13.5. The molecule has 0 aliphatic carbocycles. The van der Waals surface area contributed by atoms with E-state index in [4.69, 9.17) is 9.47 Å². The van der Waals surface area contributed by atoms with Crippen molar-refractivity contribution in [2.45, 2.75) is 51.6 Å². The molecule has 38 heavy (non-hydrogen) atoms. The predicted octanol–water partition coefficient (Wildman–Crippen LogP) is 5.94. The summed E-state index contributed by atoms with van der Waals surface area (Å²) in [6.45, 7) is 7.23. The molecule has 196 valence electrons. The van der Waals surface area contributed by atoms with Gasteiger partial charge in [-0.1, -0.05) is 63.2 Å². The summed E-state index contributed by atoms with van der Waals surface area (Å²) in [5.74, 6) is -0.103. The highest BCUT2D eigenvalue weighted by atomic mass is 16.5. The molecule has 6 heteroatoms. The van der Waals surface area contributed by atoms with E-state index in [1.54, 1.807) is 13.2 Å². The number of carbonyl (C=O) groups excluding carboxylic acids is 2. The lowest BCUT2D eigenvalue weighted by Gasteiger charge is -2.27. The van der Waals surface area contributed by atoms with E-state index in [1.165, 1.54) is 4.90 Å². The van der Waals surface area contributed by atoms with Gasteiger partial charge in [-0.05, 0) is 59.2 Å². The second-order valence-electron chi connectivity index (χ2n) is 10.9. The second-order valence-corrected chi connectivity index (χ2v) is 10.9. The van der Waals surface area contributed by atoms with Gasteiger partial charge in [0, 0.05) is 11.1 Å². The first-order chi connectivity index (χ1) is 18.2. The topological polar surface area (TPSA) is 76.1 Å². The minimum absolute atomic E-state index is 0.0526. The number of likely N-dealkylation sites (tertiary alicyclic amines) is 1. The van der Waals surface area contributed by atoms with Crippen molar-refractivity contribution in [2.24, 2.45) is 0 Å². The van der Waals surface area contributed by atoms with Crippen molar-refractivity contribution >= 4 is 17.4 Å². The molecule has 2 heterocycles. The first kappa shape index (κ1) is 25.6. The average molecular weight is 512 g/mol. The Hall–Kier alpha value is -4.06. The highest BCUT2D eigenvalue weighted by Crippen LogP contribution is 2.42. The average Bonchev–Trinajstić information content (AvgIpc) is 3.17. The van der Waals surface area contributed by atoms with Gasteiger partial charge in [0.15, 0.2) is 0 Å². The van der Waals surface area contributed by atoms with E-state index in [2.05, 4.69) is 20.8 Å². The Morgan fingerprint density at radius 1 is 1.05 bits per heavy atom. The van der Waals surface area contributed by atoms with E-state index in [1.807, 2.05) is 60.7 Å². The van der Waals surface area contributed by atoms with Gasteiger partial charge in [0.05, 0.1) is 31.9 Å². The molecule has 0 saturated carbocycles. The number of rotatable bonds is 5. The van der Waals surface area contributed by atoms with Crippen LogP contribution in [0.3, 0.4) is 0 Å². The number of aryl methyl sites for hydroxylation is 1. The molecule has 6 nitrogen and oxygen atoms in total. The van der Waals surface area contributed by atoms with E-state index >= 15 is 0 Å². The molecule has 1 N–H and O–H groups in total. The summed E-state index contributed by atoms with van der Waals surface area (Å²) in [5.41, 5.74) is 4.19. The number of benzene rings is 3. The lowest BCUT2D eigenvalue weighted by molar-refractivity contribution is -0.140. The fourth-order valence-corrected chi connectivity index (χ4v) is 5.24. The van der Waals surface area contributed by atoms with Gasteiger partial charge < -0.3 is 19.5 Å². The van der Waals surface area contributed by atoms with Crippen molar-refractivity contribution in [3.63, 3.8) is 0 Å². The Kier molecular flexibility index (Phi) is 6.74. The van der Waals surface area contributed by atoms with Crippen molar-refractivity contribution in [2.75, 3.05) is 13.7 Å². The van der Waals surface area contributed by atoms with Crippen molar-refractivity contribution in [3.05, 3.63) is 100 Å². The van der Waals surface area contributed by atoms with Crippen molar-refractivity contribution in [1.29, 1.82) is 0 Å². The monoisotopic (exact) mass is 511 g/mol. The molecule has 1 amide bonds. The molecule has 3 aromatic carbocycles. The van der Waals surface area contributed by atoms with E-state index in [9.17, 15) is 14.7 Å². The number of amides is 1. The van der Waals surface area contributed by atoms with Crippen molar-refractivity contribution < 1.29 is 24.2 Å². The van der Waals surface area contributed by atoms with Gasteiger partial charge in [-0.3, -0.25) is 9.59 Å². The maximum absolute atomic E-state index is 13.5. The number of Topliss-reactive ketones (excluding diaryl/α,β-unsaturated/α-hetero) is 1. The smallest absolute Gasteiger partial charge is 0.295 e. The lowest BCUT2D eigenvalue weighted by atomic mass is 9.85. The molecule has 0 aromatic heterocycles. The van der Waals surface area contributed by atoms with Crippen LogP contribution in [0.25, 0.3) is 5.76 Å². The Bertz CT molecular complexity index is 1410. The predicted molar refractivity (Wildman–Crippen MR) is 146 cm³/mol. The summed E-state index contributed by atoms with van der Waals surface area (Å²) in [7, 11) is 1.58. The molecule has 1 saturated heterocycles. The Balaban J connectivity index is 1.64. The van der Waals surface area contributed by atoms with Gasteiger partial charge in [-0.25, -0.2) is 0 Å². The molecule has 1 unspecified atom stereocenters. The van der Waals surface area contributed by atoms with Gasteiger partial charge >= 0.3 is 0 Å². The first-order valence-corrected chi connectivity index (χ1v) is 13.0. The van der Waals surface area contributed by atoms with Crippen LogP contribution in [-0.2, 0) is 28.0 Å². The van der Waals surface area contributed by atoms with Crippen LogP contribution < -0.4 is 9.47 Å². The number of nitrogens with zero attached hydrogens (tertiary/aromatic N) is 1. The lowest BCUT2D eigenvalue weighted by Crippen LogP contribution is -2.29. The van der Waals surface area contributed by atoms with Crippen LogP contribution in [0.5, 0.6) is 11.5 Å². The molecule has 2 aliphatic rings. The largest absolute Gasteiger partial charge is 0.507 e.